The number of nitrogens with zero attached hydrogens (tertiary/aromatic N) is 1. The van der Waals surface area contributed by atoms with Gasteiger partial charge in [-0.1, -0.05) is 12.1 Å². The van der Waals surface area contributed by atoms with Crippen LogP contribution in [0.3, 0.4) is 0 Å². The summed E-state index contributed by atoms with van der Waals surface area (Å²) < 4.78 is 13.8. The molecule has 16 heavy (non-hydrogen) atoms. The van der Waals surface area contributed by atoms with E-state index in [-0.39, 0.29) is 5.82 Å². The average Bonchev–Trinajstić information content (AvgIpc) is 2.77. The number of hydrogen-bond donors (Lipinski definition) is 1. The molecule has 2 nitrogen and oxygen atoms in total. The summed E-state index contributed by atoms with van der Waals surface area (Å²) in [6.07, 6.45) is 3.68. The quantitative estimate of drug-likeness (QED) is 0.780. The van der Waals surface area contributed by atoms with Gasteiger partial charge in [-0.25, -0.2) is 4.39 Å². The van der Waals surface area contributed by atoms with Gasteiger partial charge < -0.3 is 10.2 Å². The maximum Gasteiger partial charge on any atom is 0.146 e. The monoisotopic (exact) mass is 220 g/mol. The molecule has 0 radical (unpaired) electrons. The largest absolute Gasteiger partial charge is 0.363 e. The summed E-state index contributed by atoms with van der Waals surface area (Å²) in [6.45, 7) is 1.89. The van der Waals surface area contributed by atoms with Crippen LogP contribution in [0, 0.1) is 5.82 Å². The Morgan fingerprint density at radius 2 is 2.12 bits per heavy atom. The van der Waals surface area contributed by atoms with Gasteiger partial charge in [0.25, 0.3) is 0 Å². The van der Waals surface area contributed by atoms with Crippen LogP contribution in [0.25, 0.3) is 0 Å². The summed E-state index contributed by atoms with van der Waals surface area (Å²) in [7, 11) is 0. The first-order valence-corrected chi connectivity index (χ1v) is 6.11. The highest BCUT2D eigenvalue weighted by atomic mass is 19.1. The Bertz CT molecular complexity index is 380. The van der Waals surface area contributed by atoms with Crippen LogP contribution in [-0.4, -0.2) is 25.2 Å². The van der Waals surface area contributed by atoms with Crippen molar-refractivity contribution in [3.63, 3.8) is 0 Å². The molecule has 1 aromatic carbocycles. The Morgan fingerprint density at radius 3 is 3.00 bits per heavy atom. The lowest BCUT2D eigenvalue weighted by molar-refractivity contribution is 0.400. The van der Waals surface area contributed by atoms with E-state index in [1.54, 1.807) is 12.1 Å². The van der Waals surface area contributed by atoms with E-state index in [1.165, 1.54) is 19.3 Å². The van der Waals surface area contributed by atoms with Crippen LogP contribution >= 0.6 is 0 Å². The number of nitrogens with one attached hydrogen (secondary N) is 1. The summed E-state index contributed by atoms with van der Waals surface area (Å²) in [5, 5.41) is 3.54. The molecule has 1 heterocycles. The second-order valence-corrected chi connectivity index (χ2v) is 4.70. The number of rotatable bonds is 1. The molecule has 1 aliphatic heterocycles. The molecule has 0 spiro atoms. The number of hydrogen-bond acceptors (Lipinski definition) is 2. The lowest BCUT2D eigenvalue weighted by Crippen LogP contribution is -2.55. The fraction of sp³-hybridized carbons (Fsp3) is 0.538. The van der Waals surface area contributed by atoms with Crippen molar-refractivity contribution in [2.24, 2.45) is 0 Å². The number of fused-ring (bicyclic) bond motifs is 1. The Morgan fingerprint density at radius 1 is 1.25 bits per heavy atom. The summed E-state index contributed by atoms with van der Waals surface area (Å²) in [5.41, 5.74) is 0.779. The molecule has 2 atom stereocenters. The van der Waals surface area contributed by atoms with Crippen LogP contribution in [0.2, 0.25) is 0 Å². The molecular weight excluding hydrogens is 203 g/mol. The fourth-order valence-corrected chi connectivity index (χ4v) is 3.07. The van der Waals surface area contributed by atoms with Crippen LogP contribution in [0.4, 0.5) is 10.1 Å². The van der Waals surface area contributed by atoms with E-state index >= 15 is 0 Å². The zero-order chi connectivity index (χ0) is 11.0. The number of anilines is 1. The minimum atomic E-state index is -0.0879. The highest BCUT2D eigenvalue weighted by Crippen LogP contribution is 2.31. The first kappa shape index (κ1) is 10.1. The van der Waals surface area contributed by atoms with E-state index in [0.717, 1.165) is 18.8 Å². The predicted octanol–water partition coefficient (Wildman–Crippen LogP) is 2.16. The van der Waals surface area contributed by atoms with Crippen molar-refractivity contribution < 1.29 is 4.39 Å². The van der Waals surface area contributed by atoms with Crippen LogP contribution < -0.4 is 10.2 Å². The van der Waals surface area contributed by atoms with E-state index in [4.69, 9.17) is 0 Å². The van der Waals surface area contributed by atoms with E-state index in [9.17, 15) is 4.39 Å². The van der Waals surface area contributed by atoms with Crippen molar-refractivity contribution in [2.45, 2.75) is 31.3 Å². The molecule has 0 unspecified atom stereocenters. The maximum atomic E-state index is 13.8. The minimum absolute atomic E-state index is 0.0879. The smallest absolute Gasteiger partial charge is 0.146 e. The van der Waals surface area contributed by atoms with Gasteiger partial charge in [-0.15, -0.1) is 0 Å². The van der Waals surface area contributed by atoms with Crippen LogP contribution in [0.15, 0.2) is 24.3 Å². The molecule has 0 bridgehead atoms. The third kappa shape index (κ3) is 1.59. The second kappa shape index (κ2) is 4.06. The topological polar surface area (TPSA) is 15.3 Å². The van der Waals surface area contributed by atoms with Crippen LogP contribution in [-0.2, 0) is 0 Å². The SMILES string of the molecule is Fc1ccccc1N1CCN[C@H]2CCC[C@H]21. The number of benzene rings is 1. The van der Waals surface area contributed by atoms with Crippen molar-refractivity contribution in [1.82, 2.24) is 5.32 Å². The predicted molar refractivity (Wildman–Crippen MR) is 63.2 cm³/mol. The van der Waals surface area contributed by atoms with E-state index in [0.29, 0.717) is 12.1 Å². The molecule has 3 rings (SSSR count). The molecule has 1 aromatic rings. The molecule has 3 heteroatoms. The van der Waals surface area contributed by atoms with Crippen LogP contribution in [0.1, 0.15) is 19.3 Å². The average molecular weight is 220 g/mol. The standard InChI is InChI=1S/C13H17FN2/c14-10-4-1-2-6-12(10)16-9-8-15-11-5-3-7-13(11)16/h1-2,4,6,11,13,15H,3,5,7-9H2/t11-,13+/m0/s1. The van der Waals surface area contributed by atoms with Crippen molar-refractivity contribution in [2.75, 3.05) is 18.0 Å². The fourth-order valence-electron chi connectivity index (χ4n) is 3.07. The number of halogens is 1. The molecule has 2 aliphatic rings. The molecule has 0 aromatic heterocycles. The molecule has 1 saturated carbocycles. The van der Waals surface area contributed by atoms with Gasteiger partial charge in [0.1, 0.15) is 5.82 Å². The van der Waals surface area contributed by atoms with Crippen molar-refractivity contribution in [1.29, 1.82) is 0 Å². The van der Waals surface area contributed by atoms with Crippen molar-refractivity contribution >= 4 is 5.69 Å². The van der Waals surface area contributed by atoms with E-state index in [2.05, 4.69) is 10.2 Å². The van der Waals surface area contributed by atoms with E-state index in [1.807, 2.05) is 12.1 Å². The first-order valence-electron chi connectivity index (χ1n) is 6.11. The molecule has 2 fully saturated rings. The van der Waals surface area contributed by atoms with E-state index < -0.39 is 0 Å². The van der Waals surface area contributed by atoms with Gasteiger partial charge in [-0.2, -0.15) is 0 Å². The summed E-state index contributed by atoms with van der Waals surface area (Å²) in [5.74, 6) is -0.0879. The van der Waals surface area contributed by atoms with Gasteiger partial charge in [0.15, 0.2) is 0 Å². The molecule has 1 N–H and O–H groups in total. The third-order valence-electron chi connectivity index (χ3n) is 3.80. The van der Waals surface area contributed by atoms with Gasteiger partial charge in [-0.05, 0) is 31.4 Å². The number of para-hydroxylation sites is 1. The summed E-state index contributed by atoms with van der Waals surface area (Å²) >= 11 is 0. The molecule has 0 amide bonds. The zero-order valence-electron chi connectivity index (χ0n) is 9.32. The first-order chi connectivity index (χ1) is 7.86. The lowest BCUT2D eigenvalue weighted by Gasteiger charge is -2.40. The second-order valence-electron chi connectivity index (χ2n) is 4.70. The summed E-state index contributed by atoms with van der Waals surface area (Å²) in [4.78, 5) is 2.25. The summed E-state index contributed by atoms with van der Waals surface area (Å²) in [6, 6.07) is 8.19. The molecule has 1 aliphatic carbocycles. The molecule has 1 saturated heterocycles. The Hall–Kier alpha value is -1.09. The highest BCUT2D eigenvalue weighted by molar-refractivity contribution is 5.49. The zero-order valence-corrected chi connectivity index (χ0v) is 9.32. The third-order valence-corrected chi connectivity index (χ3v) is 3.80. The lowest BCUT2D eigenvalue weighted by atomic mass is 10.1. The van der Waals surface area contributed by atoms with Crippen molar-refractivity contribution in [3.8, 4) is 0 Å². The van der Waals surface area contributed by atoms with Gasteiger partial charge in [-0.3, -0.25) is 0 Å². The normalized spacial score (nSPS) is 29.2. The minimum Gasteiger partial charge on any atom is -0.363 e. The Labute approximate surface area is 95.4 Å². The maximum absolute atomic E-state index is 13.8. The van der Waals surface area contributed by atoms with Gasteiger partial charge in [0.05, 0.1) is 5.69 Å². The Balaban J connectivity index is 1.91. The number of piperazine rings is 1. The molecule has 86 valence electrons. The van der Waals surface area contributed by atoms with Crippen molar-refractivity contribution in [3.05, 3.63) is 30.1 Å². The Kier molecular flexibility index (Phi) is 2.56. The molecular formula is C13H17FN2. The van der Waals surface area contributed by atoms with Crippen LogP contribution in [0.5, 0.6) is 0 Å². The van der Waals surface area contributed by atoms with Gasteiger partial charge >= 0.3 is 0 Å². The van der Waals surface area contributed by atoms with Gasteiger partial charge in [0.2, 0.25) is 0 Å². The van der Waals surface area contributed by atoms with Gasteiger partial charge in [0, 0.05) is 25.2 Å². The highest BCUT2D eigenvalue weighted by Gasteiger charge is 2.35.